The number of aromatic nitrogens is 3. The molecule has 0 aliphatic rings. The molecule has 0 saturated carbocycles. The minimum Gasteiger partial charge on any atom is -0.480 e. The Morgan fingerprint density at radius 1 is 1.21 bits per heavy atom. The molecule has 0 saturated heterocycles. The summed E-state index contributed by atoms with van der Waals surface area (Å²) >= 11 is 0. The highest BCUT2D eigenvalue weighted by Gasteiger charge is 2.16. The normalized spacial score (nSPS) is 12.0. The molecular weight excluding hydrogens is 304 g/mol. The molecule has 6 nitrogen and oxygen atoms in total. The number of hydrogen-bond acceptors (Lipinski definition) is 6. The van der Waals surface area contributed by atoms with Gasteiger partial charge in [-0.05, 0) is 39.0 Å². The highest BCUT2D eigenvalue weighted by Crippen LogP contribution is 2.33. The monoisotopic (exact) mass is 324 g/mol. The summed E-state index contributed by atoms with van der Waals surface area (Å²) in [6, 6.07) is 7.86. The summed E-state index contributed by atoms with van der Waals surface area (Å²) < 4.78 is 10.6. The number of nitrogens with one attached hydrogen (secondary N) is 1. The van der Waals surface area contributed by atoms with E-state index in [4.69, 9.17) is 9.26 Å². The zero-order valence-corrected chi connectivity index (χ0v) is 14.2. The van der Waals surface area contributed by atoms with Crippen LogP contribution in [0.25, 0.3) is 11.1 Å². The molecule has 3 aromatic heterocycles. The van der Waals surface area contributed by atoms with Crippen molar-refractivity contribution in [2.75, 3.05) is 12.4 Å². The van der Waals surface area contributed by atoms with Crippen molar-refractivity contribution in [3.63, 3.8) is 0 Å². The highest BCUT2D eigenvalue weighted by atomic mass is 16.5. The Bertz CT molecular complexity index is 811. The van der Waals surface area contributed by atoms with Crippen LogP contribution in [0.1, 0.15) is 30.1 Å². The van der Waals surface area contributed by atoms with Crippen LogP contribution in [0.4, 0.5) is 5.69 Å². The molecule has 0 unspecified atom stereocenters. The first kappa shape index (κ1) is 16.0. The van der Waals surface area contributed by atoms with E-state index < -0.39 is 0 Å². The summed E-state index contributed by atoms with van der Waals surface area (Å²) in [5, 5.41) is 7.43. The molecule has 0 spiro atoms. The fraction of sp³-hybridized carbons (Fsp3) is 0.278. The highest BCUT2D eigenvalue weighted by molar-refractivity contribution is 5.72. The molecule has 3 rings (SSSR count). The van der Waals surface area contributed by atoms with Gasteiger partial charge in [0.15, 0.2) is 0 Å². The van der Waals surface area contributed by atoms with E-state index in [1.807, 2.05) is 45.0 Å². The van der Waals surface area contributed by atoms with Gasteiger partial charge in [-0.1, -0.05) is 11.2 Å². The molecule has 3 heterocycles. The number of hydrogen-bond donors (Lipinski definition) is 1. The Labute approximate surface area is 140 Å². The van der Waals surface area contributed by atoms with Gasteiger partial charge in [-0.3, -0.25) is 4.98 Å². The lowest BCUT2D eigenvalue weighted by Gasteiger charge is -2.17. The lowest BCUT2D eigenvalue weighted by atomic mass is 10.1. The van der Waals surface area contributed by atoms with Gasteiger partial charge in [-0.25, -0.2) is 4.98 Å². The predicted molar refractivity (Wildman–Crippen MR) is 92.0 cm³/mol. The summed E-state index contributed by atoms with van der Waals surface area (Å²) in [5.74, 6) is 1.30. The van der Waals surface area contributed by atoms with Gasteiger partial charge in [0.2, 0.25) is 5.88 Å². The summed E-state index contributed by atoms with van der Waals surface area (Å²) in [4.78, 5) is 8.79. The second kappa shape index (κ2) is 6.70. The second-order valence-corrected chi connectivity index (χ2v) is 5.60. The third kappa shape index (κ3) is 3.08. The Balaban J connectivity index is 1.96. The van der Waals surface area contributed by atoms with E-state index in [-0.39, 0.29) is 6.04 Å². The summed E-state index contributed by atoms with van der Waals surface area (Å²) in [7, 11) is 1.61. The topological polar surface area (TPSA) is 73.1 Å². The second-order valence-electron chi connectivity index (χ2n) is 5.60. The summed E-state index contributed by atoms with van der Waals surface area (Å²) in [6.07, 6.45) is 3.55. The number of pyridine rings is 2. The molecule has 1 N–H and O–H groups in total. The summed E-state index contributed by atoms with van der Waals surface area (Å²) in [6.45, 7) is 5.85. The Morgan fingerprint density at radius 3 is 2.67 bits per heavy atom. The number of aryl methyl sites for hydroxylation is 2. The van der Waals surface area contributed by atoms with Crippen LogP contribution < -0.4 is 10.1 Å². The standard InChI is InChI=1S/C18H20N4O2/c1-11(15-7-5-6-8-19-15)21-16-9-14(10-20-18(16)23-4)17-12(2)22-24-13(17)3/h5-11,21H,1-4H3/t11-/m0/s1. The Morgan fingerprint density at radius 2 is 2.04 bits per heavy atom. The van der Waals surface area contributed by atoms with Crippen LogP contribution in [-0.2, 0) is 0 Å². The Kier molecular flexibility index (Phi) is 4.46. The van der Waals surface area contributed by atoms with Gasteiger partial charge in [0, 0.05) is 23.5 Å². The van der Waals surface area contributed by atoms with Crippen LogP contribution in [0, 0.1) is 13.8 Å². The van der Waals surface area contributed by atoms with Crippen molar-refractivity contribution in [3.8, 4) is 17.0 Å². The number of methoxy groups -OCH3 is 1. The van der Waals surface area contributed by atoms with Gasteiger partial charge in [0.1, 0.15) is 5.76 Å². The zero-order valence-electron chi connectivity index (χ0n) is 14.2. The van der Waals surface area contributed by atoms with Gasteiger partial charge in [0.25, 0.3) is 0 Å². The molecule has 0 aliphatic heterocycles. The lowest BCUT2D eigenvalue weighted by molar-refractivity contribution is 0.393. The van der Waals surface area contributed by atoms with Crippen LogP contribution in [0.5, 0.6) is 5.88 Å². The van der Waals surface area contributed by atoms with Crippen molar-refractivity contribution in [1.29, 1.82) is 0 Å². The average molecular weight is 324 g/mol. The molecule has 1 atom stereocenters. The van der Waals surface area contributed by atoms with Crippen molar-refractivity contribution >= 4 is 5.69 Å². The number of ether oxygens (including phenoxy) is 1. The first-order valence-corrected chi connectivity index (χ1v) is 7.75. The number of nitrogens with zero attached hydrogens (tertiary/aromatic N) is 3. The van der Waals surface area contributed by atoms with E-state index in [1.165, 1.54) is 0 Å². The minimum absolute atomic E-state index is 0.0156. The number of anilines is 1. The molecule has 0 radical (unpaired) electrons. The molecule has 0 amide bonds. The lowest BCUT2D eigenvalue weighted by Crippen LogP contribution is -2.10. The molecular formula is C18H20N4O2. The van der Waals surface area contributed by atoms with Crippen LogP contribution in [0.15, 0.2) is 41.2 Å². The fourth-order valence-corrected chi connectivity index (χ4v) is 2.69. The SMILES string of the molecule is COc1ncc(-c2c(C)noc2C)cc1N[C@@H](C)c1ccccn1. The van der Waals surface area contributed by atoms with E-state index in [1.54, 1.807) is 19.5 Å². The van der Waals surface area contributed by atoms with E-state index in [0.717, 1.165) is 34.0 Å². The maximum Gasteiger partial charge on any atom is 0.237 e. The van der Waals surface area contributed by atoms with Crippen LogP contribution in [0.2, 0.25) is 0 Å². The molecule has 124 valence electrons. The fourth-order valence-electron chi connectivity index (χ4n) is 2.69. The maximum atomic E-state index is 5.38. The van der Waals surface area contributed by atoms with Gasteiger partial charge < -0.3 is 14.6 Å². The van der Waals surface area contributed by atoms with E-state index in [2.05, 4.69) is 20.4 Å². The van der Waals surface area contributed by atoms with Crippen LogP contribution in [0.3, 0.4) is 0 Å². The van der Waals surface area contributed by atoms with E-state index >= 15 is 0 Å². The predicted octanol–water partition coefficient (Wildman–Crippen LogP) is 3.93. The third-order valence-electron chi connectivity index (χ3n) is 3.87. The smallest absolute Gasteiger partial charge is 0.237 e. The molecule has 0 bridgehead atoms. The number of rotatable bonds is 5. The van der Waals surface area contributed by atoms with Crippen molar-refractivity contribution in [2.24, 2.45) is 0 Å². The van der Waals surface area contributed by atoms with Crippen LogP contribution >= 0.6 is 0 Å². The van der Waals surface area contributed by atoms with Crippen LogP contribution in [-0.4, -0.2) is 22.2 Å². The van der Waals surface area contributed by atoms with E-state index in [0.29, 0.717) is 5.88 Å². The molecule has 0 aliphatic carbocycles. The molecule has 24 heavy (non-hydrogen) atoms. The largest absolute Gasteiger partial charge is 0.480 e. The van der Waals surface area contributed by atoms with Crippen molar-refractivity contribution < 1.29 is 9.26 Å². The quantitative estimate of drug-likeness (QED) is 0.766. The first-order chi connectivity index (χ1) is 11.6. The van der Waals surface area contributed by atoms with E-state index in [9.17, 15) is 0 Å². The molecule has 0 fully saturated rings. The molecule has 3 aromatic rings. The zero-order chi connectivity index (χ0) is 17.1. The average Bonchev–Trinajstić information content (AvgIpc) is 2.94. The maximum absolute atomic E-state index is 5.38. The van der Waals surface area contributed by atoms with Crippen molar-refractivity contribution in [1.82, 2.24) is 15.1 Å². The molecule has 6 heteroatoms. The minimum atomic E-state index is 0.0156. The summed E-state index contributed by atoms with van der Waals surface area (Å²) in [5.41, 5.74) is 4.47. The first-order valence-electron chi connectivity index (χ1n) is 7.75. The van der Waals surface area contributed by atoms with Gasteiger partial charge in [-0.15, -0.1) is 0 Å². The molecule has 0 aromatic carbocycles. The van der Waals surface area contributed by atoms with Crippen molar-refractivity contribution in [2.45, 2.75) is 26.8 Å². The van der Waals surface area contributed by atoms with Gasteiger partial charge >= 0.3 is 0 Å². The Hall–Kier alpha value is -2.89. The third-order valence-corrected chi connectivity index (χ3v) is 3.87. The van der Waals surface area contributed by atoms with Gasteiger partial charge in [-0.2, -0.15) is 0 Å². The van der Waals surface area contributed by atoms with Crippen molar-refractivity contribution in [3.05, 3.63) is 53.8 Å². The van der Waals surface area contributed by atoms with Gasteiger partial charge in [0.05, 0.1) is 30.2 Å².